The molecule has 2 aromatic carbocycles. The predicted octanol–water partition coefficient (Wildman–Crippen LogP) is 4.41. The van der Waals surface area contributed by atoms with Crippen LogP contribution in [0, 0.1) is 0 Å². The number of amides is 2. The van der Waals surface area contributed by atoms with Gasteiger partial charge in [-0.2, -0.15) is 0 Å². The highest BCUT2D eigenvalue weighted by Gasteiger charge is 2.25. The average molecular weight is 427 g/mol. The van der Waals surface area contributed by atoms with Crippen LogP contribution in [0.4, 0.5) is 11.4 Å². The minimum atomic E-state index is -0.0983. The second-order valence-electron chi connectivity index (χ2n) is 7.40. The van der Waals surface area contributed by atoms with Crippen LogP contribution in [0.1, 0.15) is 39.0 Å². The summed E-state index contributed by atoms with van der Waals surface area (Å²) in [5.41, 5.74) is 1.37. The van der Waals surface area contributed by atoms with Crippen LogP contribution in [0.5, 0.6) is 17.2 Å². The van der Waals surface area contributed by atoms with Gasteiger partial charge in [0.2, 0.25) is 5.91 Å². The zero-order valence-electron chi connectivity index (χ0n) is 18.2. The lowest BCUT2D eigenvalue weighted by atomic mass is 10.1. The number of carbonyl (C=O) groups excluding carboxylic acids is 2. The molecule has 0 fully saturated rings. The number of hydrogen-bond acceptors (Lipinski definition) is 5. The highest BCUT2D eigenvalue weighted by atomic mass is 16.5. The van der Waals surface area contributed by atoms with E-state index in [9.17, 15) is 9.59 Å². The standard InChI is InChI=1S/C24H30N2O5/c1-3-4-5-14-26-21-16-18(8-13-22(21)31-17-24(26)28)25-23(27)7-6-15-30-20-11-9-19(29-2)10-12-20/h8-13,16H,3-7,14-15,17H2,1-2H3,(H,25,27). The van der Waals surface area contributed by atoms with Crippen molar-refractivity contribution < 1.29 is 23.8 Å². The first-order chi connectivity index (χ1) is 15.1. The molecule has 0 atom stereocenters. The zero-order valence-corrected chi connectivity index (χ0v) is 18.2. The second-order valence-corrected chi connectivity index (χ2v) is 7.40. The molecule has 31 heavy (non-hydrogen) atoms. The molecule has 0 saturated heterocycles. The lowest BCUT2D eigenvalue weighted by Crippen LogP contribution is -2.39. The maximum absolute atomic E-state index is 12.3. The van der Waals surface area contributed by atoms with Gasteiger partial charge in [-0.15, -0.1) is 0 Å². The highest BCUT2D eigenvalue weighted by Crippen LogP contribution is 2.35. The van der Waals surface area contributed by atoms with E-state index in [0.717, 1.165) is 30.8 Å². The van der Waals surface area contributed by atoms with Gasteiger partial charge in [-0.3, -0.25) is 9.59 Å². The average Bonchev–Trinajstić information content (AvgIpc) is 2.79. The highest BCUT2D eigenvalue weighted by molar-refractivity contribution is 5.99. The van der Waals surface area contributed by atoms with Crippen molar-refractivity contribution in [1.82, 2.24) is 0 Å². The van der Waals surface area contributed by atoms with E-state index in [1.165, 1.54) is 0 Å². The molecular formula is C24H30N2O5. The van der Waals surface area contributed by atoms with E-state index < -0.39 is 0 Å². The number of nitrogens with zero attached hydrogens (tertiary/aromatic N) is 1. The van der Waals surface area contributed by atoms with Crippen molar-refractivity contribution in [3.63, 3.8) is 0 Å². The van der Waals surface area contributed by atoms with Crippen molar-refractivity contribution in [1.29, 1.82) is 0 Å². The van der Waals surface area contributed by atoms with Crippen molar-refractivity contribution in [2.24, 2.45) is 0 Å². The van der Waals surface area contributed by atoms with Crippen LogP contribution in [0.15, 0.2) is 42.5 Å². The molecule has 1 heterocycles. The molecule has 7 nitrogen and oxygen atoms in total. The van der Waals surface area contributed by atoms with Crippen molar-refractivity contribution in [3.8, 4) is 17.2 Å². The molecule has 166 valence electrons. The van der Waals surface area contributed by atoms with Crippen molar-refractivity contribution >= 4 is 23.2 Å². The molecule has 7 heteroatoms. The van der Waals surface area contributed by atoms with Crippen molar-refractivity contribution in [2.75, 3.05) is 37.1 Å². The van der Waals surface area contributed by atoms with Crippen LogP contribution in [0.2, 0.25) is 0 Å². The van der Waals surface area contributed by atoms with Gasteiger partial charge in [0.25, 0.3) is 5.91 Å². The Morgan fingerprint density at radius 2 is 1.87 bits per heavy atom. The zero-order chi connectivity index (χ0) is 22.1. The van der Waals surface area contributed by atoms with Crippen LogP contribution < -0.4 is 24.4 Å². The van der Waals surface area contributed by atoms with Gasteiger partial charge < -0.3 is 24.4 Å². The van der Waals surface area contributed by atoms with Crippen molar-refractivity contribution in [2.45, 2.75) is 39.0 Å². The van der Waals surface area contributed by atoms with E-state index in [0.29, 0.717) is 43.1 Å². The number of hydrogen-bond donors (Lipinski definition) is 1. The van der Waals surface area contributed by atoms with Crippen LogP contribution in [-0.4, -0.2) is 38.7 Å². The molecule has 2 amide bonds. The molecule has 0 bridgehead atoms. The third kappa shape index (κ3) is 6.38. The summed E-state index contributed by atoms with van der Waals surface area (Å²) in [5, 5.41) is 2.90. The minimum Gasteiger partial charge on any atom is -0.497 e. The molecule has 0 spiro atoms. The number of fused-ring (bicyclic) bond motifs is 1. The van der Waals surface area contributed by atoms with Gasteiger partial charge in [0.05, 0.1) is 19.4 Å². The molecule has 0 saturated carbocycles. The lowest BCUT2D eigenvalue weighted by molar-refractivity contribution is -0.121. The largest absolute Gasteiger partial charge is 0.497 e. The molecule has 0 aliphatic carbocycles. The first-order valence-corrected chi connectivity index (χ1v) is 10.7. The normalized spacial score (nSPS) is 12.7. The minimum absolute atomic E-state index is 0.0530. The topological polar surface area (TPSA) is 77.1 Å². The van der Waals surface area contributed by atoms with E-state index in [-0.39, 0.29) is 18.4 Å². The Balaban J connectivity index is 1.50. The van der Waals surface area contributed by atoms with Crippen LogP contribution in [-0.2, 0) is 9.59 Å². The molecule has 1 aliphatic heterocycles. The van der Waals surface area contributed by atoms with E-state index in [1.807, 2.05) is 30.3 Å². The maximum Gasteiger partial charge on any atom is 0.265 e. The molecule has 1 aliphatic rings. The van der Waals surface area contributed by atoms with E-state index >= 15 is 0 Å². The van der Waals surface area contributed by atoms with Gasteiger partial charge in [-0.25, -0.2) is 0 Å². The Morgan fingerprint density at radius 1 is 1.10 bits per heavy atom. The fourth-order valence-corrected chi connectivity index (χ4v) is 3.36. The number of rotatable bonds is 11. The smallest absolute Gasteiger partial charge is 0.265 e. The Bertz CT molecular complexity index is 882. The number of anilines is 2. The Hall–Kier alpha value is -3.22. The van der Waals surface area contributed by atoms with Gasteiger partial charge in [-0.1, -0.05) is 19.8 Å². The first kappa shape index (κ1) is 22.5. The first-order valence-electron chi connectivity index (χ1n) is 10.7. The Kier molecular flexibility index (Phi) is 8.15. The summed E-state index contributed by atoms with van der Waals surface area (Å²) in [5.74, 6) is 2.03. The van der Waals surface area contributed by atoms with E-state index in [4.69, 9.17) is 14.2 Å². The summed E-state index contributed by atoms with van der Waals surface area (Å²) < 4.78 is 16.3. The predicted molar refractivity (Wildman–Crippen MR) is 120 cm³/mol. The number of benzene rings is 2. The maximum atomic E-state index is 12.3. The summed E-state index contributed by atoms with van der Waals surface area (Å²) in [6, 6.07) is 12.7. The van der Waals surface area contributed by atoms with Gasteiger partial charge >= 0.3 is 0 Å². The van der Waals surface area contributed by atoms with Crippen molar-refractivity contribution in [3.05, 3.63) is 42.5 Å². The third-order valence-electron chi connectivity index (χ3n) is 5.05. The second kappa shape index (κ2) is 11.2. The van der Waals surface area contributed by atoms with Gasteiger partial charge in [0, 0.05) is 18.7 Å². The molecule has 0 aromatic heterocycles. The SMILES string of the molecule is CCCCCN1C(=O)COc2ccc(NC(=O)CCCOc3ccc(OC)cc3)cc21. The molecule has 0 unspecified atom stereocenters. The number of unbranched alkanes of at least 4 members (excludes halogenated alkanes) is 2. The molecule has 3 rings (SSSR count). The summed E-state index contributed by atoms with van der Waals surface area (Å²) in [6.07, 6.45) is 4.02. The van der Waals surface area contributed by atoms with Gasteiger partial charge in [0.1, 0.15) is 17.2 Å². The fraction of sp³-hybridized carbons (Fsp3) is 0.417. The summed E-state index contributed by atoms with van der Waals surface area (Å²) in [6.45, 7) is 3.28. The molecule has 1 N–H and O–H groups in total. The van der Waals surface area contributed by atoms with E-state index in [2.05, 4.69) is 12.2 Å². The van der Waals surface area contributed by atoms with Crippen LogP contribution in [0.25, 0.3) is 0 Å². The quantitative estimate of drug-likeness (QED) is 0.539. The van der Waals surface area contributed by atoms with E-state index in [1.54, 1.807) is 24.1 Å². The third-order valence-corrected chi connectivity index (χ3v) is 5.05. The van der Waals surface area contributed by atoms with Crippen LogP contribution in [0.3, 0.4) is 0 Å². The summed E-state index contributed by atoms with van der Waals surface area (Å²) in [7, 11) is 1.62. The number of carbonyl (C=O) groups is 2. The number of ether oxygens (including phenoxy) is 3. The lowest BCUT2D eigenvalue weighted by Gasteiger charge is -2.29. The van der Waals surface area contributed by atoms with Gasteiger partial charge in [0.15, 0.2) is 6.61 Å². The van der Waals surface area contributed by atoms with Crippen LogP contribution >= 0.6 is 0 Å². The van der Waals surface area contributed by atoms with Gasteiger partial charge in [-0.05, 0) is 55.3 Å². The molecule has 0 radical (unpaired) electrons. The molecule has 2 aromatic rings. The fourth-order valence-electron chi connectivity index (χ4n) is 3.36. The number of nitrogens with one attached hydrogen (secondary N) is 1. The molecular weight excluding hydrogens is 396 g/mol. The summed E-state index contributed by atoms with van der Waals surface area (Å²) >= 11 is 0. The Labute approximate surface area is 183 Å². The monoisotopic (exact) mass is 426 g/mol. The Morgan fingerprint density at radius 3 is 2.61 bits per heavy atom. The number of methoxy groups -OCH3 is 1. The summed E-state index contributed by atoms with van der Waals surface area (Å²) in [4.78, 5) is 26.4.